The van der Waals surface area contributed by atoms with Gasteiger partial charge in [-0.05, 0) is 31.3 Å². The number of nitrogen functional groups attached to an aromatic ring is 1. The summed E-state index contributed by atoms with van der Waals surface area (Å²) in [7, 11) is 0. The van der Waals surface area contributed by atoms with Crippen LogP contribution in [0.1, 0.15) is 6.92 Å². The molecular weight excluding hydrogens is 210 g/mol. The Bertz CT molecular complexity index is 527. The van der Waals surface area contributed by atoms with Gasteiger partial charge in [-0.25, -0.2) is 4.98 Å². The number of aromatic nitrogens is 4. The average molecular weight is 221 g/mol. The lowest BCUT2D eigenvalue weighted by Crippen LogP contribution is -2.01. The summed E-state index contributed by atoms with van der Waals surface area (Å²) in [6.07, 6.45) is 1.65. The highest BCUT2D eigenvalue weighted by atomic mass is 32.1. The second-order valence-corrected chi connectivity index (χ2v) is 3.42. The molecule has 0 aliphatic rings. The Balaban J connectivity index is 2.64. The lowest BCUT2D eigenvalue weighted by molar-refractivity contribution is 0.755. The molecule has 0 amide bonds. The quantitative estimate of drug-likeness (QED) is 0.755. The van der Waals surface area contributed by atoms with Crippen molar-refractivity contribution in [2.75, 3.05) is 5.73 Å². The number of hydrogen-bond donors (Lipinski definition) is 2. The molecule has 0 spiro atoms. The van der Waals surface area contributed by atoms with Crippen LogP contribution in [0.3, 0.4) is 0 Å². The van der Waals surface area contributed by atoms with Gasteiger partial charge in [0, 0.05) is 12.7 Å². The Morgan fingerprint density at radius 3 is 3.07 bits per heavy atom. The lowest BCUT2D eigenvalue weighted by atomic mass is 10.2. The molecule has 78 valence electrons. The van der Waals surface area contributed by atoms with Crippen LogP contribution in [-0.2, 0) is 6.54 Å². The zero-order valence-corrected chi connectivity index (χ0v) is 9.08. The van der Waals surface area contributed by atoms with Crippen LogP contribution in [0, 0.1) is 4.77 Å². The minimum atomic E-state index is 0.459. The Morgan fingerprint density at radius 2 is 2.40 bits per heavy atom. The molecule has 2 heterocycles. The first-order valence-corrected chi connectivity index (χ1v) is 5.01. The predicted octanol–water partition coefficient (Wildman–Crippen LogP) is 1.60. The highest BCUT2D eigenvalue weighted by molar-refractivity contribution is 7.71. The molecule has 0 aliphatic heterocycles. The van der Waals surface area contributed by atoms with Crippen molar-refractivity contribution in [1.82, 2.24) is 19.7 Å². The van der Waals surface area contributed by atoms with Crippen molar-refractivity contribution < 1.29 is 0 Å². The Kier molecular flexibility index (Phi) is 2.51. The number of H-pyrrole nitrogens is 1. The maximum absolute atomic E-state index is 5.77. The van der Waals surface area contributed by atoms with E-state index < -0.39 is 0 Å². The number of anilines is 1. The van der Waals surface area contributed by atoms with Gasteiger partial charge in [-0.2, -0.15) is 5.10 Å². The number of rotatable bonds is 2. The minimum absolute atomic E-state index is 0.459. The van der Waals surface area contributed by atoms with Crippen molar-refractivity contribution in [3.63, 3.8) is 0 Å². The smallest absolute Gasteiger partial charge is 0.195 e. The SMILES string of the molecule is CCn1c(-c2cccnc2N)n[nH]c1=S. The summed E-state index contributed by atoms with van der Waals surface area (Å²) in [4.78, 5) is 4.02. The van der Waals surface area contributed by atoms with Gasteiger partial charge in [0.15, 0.2) is 10.6 Å². The first-order valence-electron chi connectivity index (χ1n) is 4.60. The minimum Gasteiger partial charge on any atom is -0.383 e. The molecule has 0 saturated carbocycles. The number of nitrogens with zero attached hydrogens (tertiary/aromatic N) is 3. The van der Waals surface area contributed by atoms with E-state index in [1.54, 1.807) is 6.20 Å². The third kappa shape index (κ3) is 1.63. The maximum atomic E-state index is 5.77. The molecule has 0 fully saturated rings. The van der Waals surface area contributed by atoms with Gasteiger partial charge in [0.25, 0.3) is 0 Å². The molecule has 6 heteroatoms. The predicted molar refractivity (Wildman–Crippen MR) is 60.7 cm³/mol. The van der Waals surface area contributed by atoms with Crippen LogP contribution in [0.15, 0.2) is 18.3 Å². The molecule has 0 atom stereocenters. The molecule has 0 radical (unpaired) electrons. The standard InChI is InChI=1S/C9H11N5S/c1-2-14-8(12-13-9(14)15)6-4-3-5-11-7(6)10/h3-5H,2H2,1H3,(H2,10,11)(H,13,15). The molecule has 2 aromatic rings. The molecule has 0 saturated heterocycles. The highest BCUT2D eigenvalue weighted by Gasteiger charge is 2.10. The number of hydrogen-bond acceptors (Lipinski definition) is 4. The largest absolute Gasteiger partial charge is 0.383 e. The van der Waals surface area contributed by atoms with Gasteiger partial charge < -0.3 is 10.3 Å². The average Bonchev–Trinajstić information content (AvgIpc) is 2.60. The second-order valence-electron chi connectivity index (χ2n) is 3.03. The number of pyridine rings is 1. The number of nitrogens with one attached hydrogen (secondary N) is 1. The third-order valence-corrected chi connectivity index (χ3v) is 2.47. The third-order valence-electron chi connectivity index (χ3n) is 2.15. The van der Waals surface area contributed by atoms with Crippen LogP contribution in [0.4, 0.5) is 5.82 Å². The number of aromatic amines is 1. The first-order chi connectivity index (χ1) is 7.24. The van der Waals surface area contributed by atoms with Crippen LogP contribution in [0.5, 0.6) is 0 Å². The maximum Gasteiger partial charge on any atom is 0.195 e. The molecule has 0 unspecified atom stereocenters. The van der Waals surface area contributed by atoms with Crippen LogP contribution in [0.25, 0.3) is 11.4 Å². The monoisotopic (exact) mass is 221 g/mol. The summed E-state index contributed by atoms with van der Waals surface area (Å²) in [6, 6.07) is 3.70. The summed E-state index contributed by atoms with van der Waals surface area (Å²) < 4.78 is 2.47. The van der Waals surface area contributed by atoms with Gasteiger partial charge in [-0.3, -0.25) is 5.10 Å². The van der Waals surface area contributed by atoms with E-state index >= 15 is 0 Å². The van der Waals surface area contributed by atoms with Gasteiger partial charge in [-0.15, -0.1) is 0 Å². The van der Waals surface area contributed by atoms with Crippen molar-refractivity contribution in [2.45, 2.75) is 13.5 Å². The summed E-state index contributed by atoms with van der Waals surface area (Å²) in [5.74, 6) is 1.19. The first kappa shape index (κ1) is 9.85. The van der Waals surface area contributed by atoms with E-state index in [0.29, 0.717) is 10.6 Å². The molecule has 0 bridgehead atoms. The Labute approximate surface area is 92.0 Å². The van der Waals surface area contributed by atoms with Gasteiger partial charge in [-0.1, -0.05) is 0 Å². The summed E-state index contributed by atoms with van der Waals surface area (Å²) in [5, 5.41) is 6.89. The molecule has 5 nitrogen and oxygen atoms in total. The van der Waals surface area contributed by atoms with E-state index in [1.165, 1.54) is 0 Å². The fourth-order valence-electron chi connectivity index (χ4n) is 1.42. The van der Waals surface area contributed by atoms with Crippen molar-refractivity contribution >= 4 is 18.0 Å². The van der Waals surface area contributed by atoms with Crippen molar-refractivity contribution in [1.29, 1.82) is 0 Å². The fraction of sp³-hybridized carbons (Fsp3) is 0.222. The Morgan fingerprint density at radius 1 is 1.60 bits per heavy atom. The molecule has 0 aliphatic carbocycles. The van der Waals surface area contributed by atoms with Crippen LogP contribution < -0.4 is 5.73 Å². The van der Waals surface area contributed by atoms with Gasteiger partial charge in [0.2, 0.25) is 0 Å². The van der Waals surface area contributed by atoms with E-state index in [0.717, 1.165) is 17.9 Å². The van der Waals surface area contributed by atoms with Gasteiger partial charge in [0.05, 0.1) is 5.56 Å². The fourth-order valence-corrected chi connectivity index (χ4v) is 1.68. The normalized spacial score (nSPS) is 10.5. The van der Waals surface area contributed by atoms with E-state index in [4.69, 9.17) is 18.0 Å². The van der Waals surface area contributed by atoms with Crippen molar-refractivity contribution in [3.8, 4) is 11.4 Å². The zero-order valence-electron chi connectivity index (χ0n) is 8.27. The summed E-state index contributed by atoms with van der Waals surface area (Å²) >= 11 is 5.10. The lowest BCUT2D eigenvalue weighted by Gasteiger charge is -2.04. The summed E-state index contributed by atoms with van der Waals surface area (Å²) in [6.45, 7) is 2.75. The van der Waals surface area contributed by atoms with Crippen LogP contribution in [-0.4, -0.2) is 19.7 Å². The summed E-state index contributed by atoms with van der Waals surface area (Å²) in [5.41, 5.74) is 6.57. The van der Waals surface area contributed by atoms with E-state index in [1.807, 2.05) is 23.6 Å². The second kappa shape index (κ2) is 3.82. The van der Waals surface area contributed by atoms with Crippen molar-refractivity contribution in [2.24, 2.45) is 0 Å². The van der Waals surface area contributed by atoms with Gasteiger partial charge in [0.1, 0.15) is 5.82 Å². The molecular formula is C9H11N5S. The topological polar surface area (TPSA) is 72.5 Å². The van der Waals surface area contributed by atoms with Gasteiger partial charge >= 0.3 is 0 Å². The molecule has 2 aromatic heterocycles. The highest BCUT2D eigenvalue weighted by Crippen LogP contribution is 2.21. The van der Waals surface area contributed by atoms with E-state index in [9.17, 15) is 0 Å². The molecule has 15 heavy (non-hydrogen) atoms. The molecule has 3 N–H and O–H groups in total. The number of nitrogens with two attached hydrogens (primary N) is 1. The van der Waals surface area contributed by atoms with Crippen LogP contribution >= 0.6 is 12.2 Å². The van der Waals surface area contributed by atoms with Crippen molar-refractivity contribution in [3.05, 3.63) is 23.1 Å². The van der Waals surface area contributed by atoms with E-state index in [2.05, 4.69) is 15.2 Å². The Hall–Kier alpha value is -1.69. The van der Waals surface area contributed by atoms with E-state index in [-0.39, 0.29) is 0 Å². The molecule has 0 aromatic carbocycles. The van der Waals surface area contributed by atoms with Crippen LogP contribution in [0.2, 0.25) is 0 Å². The zero-order chi connectivity index (χ0) is 10.8. The molecule has 2 rings (SSSR count).